The second kappa shape index (κ2) is 7.98. The maximum atomic E-state index is 12.9. The van der Waals surface area contributed by atoms with Crippen molar-refractivity contribution in [2.75, 3.05) is 13.7 Å². The fourth-order valence-electron chi connectivity index (χ4n) is 2.04. The number of halogens is 2. The molecule has 5 nitrogen and oxygen atoms in total. The van der Waals surface area contributed by atoms with Crippen molar-refractivity contribution in [3.8, 4) is 0 Å². The van der Waals surface area contributed by atoms with Gasteiger partial charge in [-0.1, -0.05) is 53.5 Å². The number of carbonyl (C=O) groups is 1. The topological polar surface area (TPSA) is 63.7 Å². The van der Waals surface area contributed by atoms with Gasteiger partial charge in [0.2, 0.25) is 10.0 Å². The number of hydrogen-bond donors (Lipinski definition) is 0. The van der Waals surface area contributed by atoms with Crippen LogP contribution in [-0.2, 0) is 26.1 Å². The molecule has 0 fully saturated rings. The van der Waals surface area contributed by atoms with E-state index in [1.807, 2.05) is 6.07 Å². The molecule has 2 aromatic carbocycles. The fourth-order valence-corrected chi connectivity index (χ4v) is 4.15. The molecule has 0 N–H and O–H groups in total. The molecular weight excluding hydrogens is 373 g/mol. The summed E-state index contributed by atoms with van der Waals surface area (Å²) < 4.78 is 31.5. The highest BCUT2D eigenvalue weighted by molar-refractivity contribution is 7.89. The number of hydrogen-bond acceptors (Lipinski definition) is 4. The van der Waals surface area contributed by atoms with Crippen molar-refractivity contribution in [1.82, 2.24) is 4.31 Å². The Morgan fingerprint density at radius 3 is 2.42 bits per heavy atom. The van der Waals surface area contributed by atoms with E-state index in [4.69, 9.17) is 23.2 Å². The summed E-state index contributed by atoms with van der Waals surface area (Å²) in [6.07, 6.45) is 0. The summed E-state index contributed by atoms with van der Waals surface area (Å²) in [6, 6.07) is 13.1. The van der Waals surface area contributed by atoms with Crippen LogP contribution in [0.2, 0.25) is 10.0 Å². The van der Waals surface area contributed by atoms with Gasteiger partial charge < -0.3 is 4.74 Å². The SMILES string of the molecule is COC(=O)CN(Cc1ccccc1)S(=O)(=O)c1cc(Cl)ccc1Cl. The van der Waals surface area contributed by atoms with Gasteiger partial charge in [0.1, 0.15) is 11.4 Å². The van der Waals surface area contributed by atoms with Crippen LogP contribution in [0.15, 0.2) is 53.4 Å². The van der Waals surface area contributed by atoms with Gasteiger partial charge in [0, 0.05) is 11.6 Å². The van der Waals surface area contributed by atoms with E-state index < -0.39 is 22.5 Å². The fraction of sp³-hybridized carbons (Fsp3) is 0.188. The molecule has 0 bridgehead atoms. The average molecular weight is 388 g/mol. The monoisotopic (exact) mass is 387 g/mol. The largest absolute Gasteiger partial charge is 0.468 e. The predicted molar refractivity (Wildman–Crippen MR) is 92.5 cm³/mol. The predicted octanol–water partition coefficient (Wildman–Crippen LogP) is 3.36. The number of rotatable bonds is 6. The molecule has 0 heterocycles. The van der Waals surface area contributed by atoms with E-state index in [-0.39, 0.29) is 21.5 Å². The zero-order valence-corrected chi connectivity index (χ0v) is 15.1. The lowest BCUT2D eigenvalue weighted by Crippen LogP contribution is -2.36. The first-order chi connectivity index (χ1) is 11.3. The summed E-state index contributed by atoms with van der Waals surface area (Å²) in [5.41, 5.74) is 0.725. The number of nitrogens with zero attached hydrogens (tertiary/aromatic N) is 1. The molecule has 0 unspecified atom stereocenters. The van der Waals surface area contributed by atoms with Gasteiger partial charge in [0.05, 0.1) is 12.1 Å². The molecule has 0 amide bonds. The third-order valence-electron chi connectivity index (χ3n) is 3.25. The first-order valence-corrected chi connectivity index (χ1v) is 9.10. The molecule has 0 aliphatic heterocycles. The zero-order valence-electron chi connectivity index (χ0n) is 12.8. The lowest BCUT2D eigenvalue weighted by atomic mass is 10.2. The Hall–Kier alpha value is -1.60. The van der Waals surface area contributed by atoms with Crippen molar-refractivity contribution >= 4 is 39.2 Å². The van der Waals surface area contributed by atoms with Crippen LogP contribution in [0.25, 0.3) is 0 Å². The minimum Gasteiger partial charge on any atom is -0.468 e. The Kier molecular flexibility index (Phi) is 6.23. The summed E-state index contributed by atoms with van der Waals surface area (Å²) >= 11 is 11.9. The van der Waals surface area contributed by atoms with E-state index >= 15 is 0 Å². The Labute approximate surface area is 150 Å². The standard InChI is InChI=1S/C16H15Cl2NO4S/c1-23-16(20)11-19(10-12-5-3-2-4-6-12)24(21,22)15-9-13(17)7-8-14(15)18/h2-9H,10-11H2,1H3. The van der Waals surface area contributed by atoms with Crippen molar-refractivity contribution < 1.29 is 17.9 Å². The molecule has 0 radical (unpaired) electrons. The smallest absolute Gasteiger partial charge is 0.321 e. The Bertz CT molecular complexity index is 825. The number of sulfonamides is 1. The van der Waals surface area contributed by atoms with Gasteiger partial charge in [-0.3, -0.25) is 4.79 Å². The van der Waals surface area contributed by atoms with E-state index in [0.717, 1.165) is 9.87 Å². The third kappa shape index (κ3) is 4.48. The molecular formula is C16H15Cl2NO4S. The molecule has 0 aromatic heterocycles. The van der Waals surface area contributed by atoms with Crippen molar-refractivity contribution in [2.45, 2.75) is 11.4 Å². The van der Waals surface area contributed by atoms with E-state index in [0.29, 0.717) is 0 Å². The molecule has 0 aliphatic rings. The Balaban J connectivity index is 2.44. The van der Waals surface area contributed by atoms with Crippen LogP contribution in [-0.4, -0.2) is 32.3 Å². The van der Waals surface area contributed by atoms with Crippen LogP contribution in [0.3, 0.4) is 0 Å². The van der Waals surface area contributed by atoms with Gasteiger partial charge in [0.15, 0.2) is 0 Å². The van der Waals surface area contributed by atoms with Crippen LogP contribution >= 0.6 is 23.2 Å². The Morgan fingerprint density at radius 2 is 1.79 bits per heavy atom. The van der Waals surface area contributed by atoms with Gasteiger partial charge in [-0.25, -0.2) is 8.42 Å². The van der Waals surface area contributed by atoms with Gasteiger partial charge in [-0.2, -0.15) is 4.31 Å². The molecule has 2 aromatic rings. The minimum absolute atomic E-state index is 0.00111. The maximum absolute atomic E-state index is 12.9. The van der Waals surface area contributed by atoms with E-state index in [1.54, 1.807) is 24.3 Å². The number of esters is 1. The van der Waals surface area contributed by atoms with Crippen molar-refractivity contribution in [1.29, 1.82) is 0 Å². The highest BCUT2D eigenvalue weighted by Crippen LogP contribution is 2.28. The van der Waals surface area contributed by atoms with E-state index in [2.05, 4.69) is 4.74 Å². The number of carbonyl (C=O) groups excluding carboxylic acids is 1. The molecule has 0 spiro atoms. The highest BCUT2D eigenvalue weighted by Gasteiger charge is 2.29. The molecule has 128 valence electrons. The second-order valence-corrected chi connectivity index (χ2v) is 7.66. The van der Waals surface area contributed by atoms with Crippen LogP contribution in [0.4, 0.5) is 0 Å². The van der Waals surface area contributed by atoms with Crippen LogP contribution in [0.5, 0.6) is 0 Å². The van der Waals surface area contributed by atoms with Crippen LogP contribution < -0.4 is 0 Å². The van der Waals surface area contributed by atoms with Gasteiger partial charge in [0.25, 0.3) is 0 Å². The second-order valence-electron chi connectivity index (χ2n) is 4.91. The van der Waals surface area contributed by atoms with Gasteiger partial charge in [-0.05, 0) is 23.8 Å². The maximum Gasteiger partial charge on any atom is 0.321 e. The third-order valence-corrected chi connectivity index (χ3v) is 5.75. The number of benzene rings is 2. The number of ether oxygens (including phenoxy) is 1. The summed E-state index contributed by atoms with van der Waals surface area (Å²) in [6.45, 7) is -0.433. The lowest BCUT2D eigenvalue weighted by Gasteiger charge is -2.22. The summed E-state index contributed by atoms with van der Waals surface area (Å²) in [7, 11) is -2.85. The summed E-state index contributed by atoms with van der Waals surface area (Å²) in [5, 5.41) is 0.262. The molecule has 0 aliphatic carbocycles. The number of methoxy groups -OCH3 is 1. The van der Waals surface area contributed by atoms with Crippen molar-refractivity contribution in [3.05, 3.63) is 64.1 Å². The summed E-state index contributed by atoms with van der Waals surface area (Å²) in [5.74, 6) is -0.673. The summed E-state index contributed by atoms with van der Waals surface area (Å²) in [4.78, 5) is 11.5. The quantitative estimate of drug-likeness (QED) is 0.712. The normalized spacial score (nSPS) is 11.5. The molecule has 0 saturated heterocycles. The Morgan fingerprint density at radius 1 is 1.12 bits per heavy atom. The molecule has 24 heavy (non-hydrogen) atoms. The van der Waals surface area contributed by atoms with E-state index in [9.17, 15) is 13.2 Å². The van der Waals surface area contributed by atoms with Crippen molar-refractivity contribution in [2.24, 2.45) is 0 Å². The molecule has 0 saturated carbocycles. The molecule has 0 atom stereocenters. The van der Waals surface area contributed by atoms with Gasteiger partial charge >= 0.3 is 5.97 Å². The minimum atomic E-state index is -4.04. The molecule has 8 heteroatoms. The molecule has 2 rings (SSSR count). The lowest BCUT2D eigenvalue weighted by molar-refractivity contribution is -0.140. The highest BCUT2D eigenvalue weighted by atomic mass is 35.5. The van der Waals surface area contributed by atoms with Crippen LogP contribution in [0, 0.1) is 0 Å². The van der Waals surface area contributed by atoms with Crippen molar-refractivity contribution in [3.63, 3.8) is 0 Å². The van der Waals surface area contributed by atoms with Gasteiger partial charge in [-0.15, -0.1) is 0 Å². The first kappa shape index (κ1) is 18.7. The zero-order chi connectivity index (χ0) is 17.7. The first-order valence-electron chi connectivity index (χ1n) is 6.90. The van der Waals surface area contributed by atoms with Crippen LogP contribution in [0.1, 0.15) is 5.56 Å². The average Bonchev–Trinajstić information content (AvgIpc) is 2.57. The van der Waals surface area contributed by atoms with E-state index in [1.165, 1.54) is 25.3 Å².